The van der Waals surface area contributed by atoms with E-state index in [1.807, 2.05) is 0 Å². The van der Waals surface area contributed by atoms with Crippen LogP contribution in [0.15, 0.2) is 43.5 Å². The van der Waals surface area contributed by atoms with E-state index in [2.05, 4.69) is 25.8 Å². The van der Waals surface area contributed by atoms with Gasteiger partial charge in [0, 0.05) is 12.0 Å². The van der Waals surface area contributed by atoms with E-state index in [0.29, 0.717) is 24.8 Å². The Morgan fingerprint density at radius 3 is 2.15 bits per heavy atom. The number of carbonyl (C=O) groups excluding carboxylic acids is 1. The molecule has 0 spiro atoms. The average Bonchev–Trinajstić information content (AvgIpc) is 2.12. The van der Waals surface area contributed by atoms with Crippen LogP contribution in [0.3, 0.4) is 0 Å². The van der Waals surface area contributed by atoms with Crippen molar-refractivity contribution in [3.05, 3.63) is 49.6 Å². The Kier molecular flexibility index (Phi) is 6.52. The van der Waals surface area contributed by atoms with Gasteiger partial charge in [0.1, 0.15) is 0 Å². The van der Waals surface area contributed by atoms with Crippen LogP contribution in [0.1, 0.15) is 19.3 Å². The maximum absolute atomic E-state index is 11.4. The lowest BCUT2D eigenvalue weighted by atomic mass is 10.0. The number of carbonyl (C=O) groups is 1. The maximum atomic E-state index is 11.4. The largest absolute Gasteiger partial charge is 0.294 e. The highest BCUT2D eigenvalue weighted by Crippen LogP contribution is 2.07. The second-order valence-electron chi connectivity index (χ2n) is 2.56. The third-order valence-electron chi connectivity index (χ3n) is 1.47. The molecule has 0 aromatic carbocycles. The van der Waals surface area contributed by atoms with Gasteiger partial charge in [0.25, 0.3) is 0 Å². The number of rotatable bonds is 7. The lowest BCUT2D eigenvalue weighted by molar-refractivity contribution is -0.114. The average molecular weight is 175 g/mol. The van der Waals surface area contributed by atoms with Crippen molar-refractivity contribution in [1.82, 2.24) is 0 Å². The standard InChI is InChI=1S/C12H15O/c1-4-7-10-11(8-5-2)12(13)9-6-3/h4-6H,1-3,7-9H2. The van der Waals surface area contributed by atoms with E-state index in [-0.39, 0.29) is 5.78 Å². The first-order valence-electron chi connectivity index (χ1n) is 4.21. The van der Waals surface area contributed by atoms with Crippen molar-refractivity contribution in [3.8, 4) is 0 Å². The molecule has 0 aromatic heterocycles. The molecule has 1 heteroatoms. The summed E-state index contributed by atoms with van der Waals surface area (Å²) < 4.78 is 0. The Labute approximate surface area is 80.2 Å². The fourth-order valence-corrected chi connectivity index (χ4v) is 0.879. The predicted molar refractivity (Wildman–Crippen MR) is 56.2 cm³/mol. The van der Waals surface area contributed by atoms with Crippen molar-refractivity contribution in [2.45, 2.75) is 19.3 Å². The van der Waals surface area contributed by atoms with E-state index in [9.17, 15) is 4.79 Å². The Morgan fingerprint density at radius 1 is 1.08 bits per heavy atom. The summed E-state index contributed by atoms with van der Waals surface area (Å²) in [4.78, 5) is 11.4. The first-order valence-corrected chi connectivity index (χ1v) is 4.21. The molecule has 13 heavy (non-hydrogen) atoms. The summed E-state index contributed by atoms with van der Waals surface area (Å²) >= 11 is 0. The molecule has 1 radical (unpaired) electrons. The van der Waals surface area contributed by atoms with Crippen molar-refractivity contribution < 1.29 is 4.79 Å². The molecule has 0 N–H and O–H groups in total. The zero-order valence-corrected chi connectivity index (χ0v) is 7.88. The second-order valence-corrected chi connectivity index (χ2v) is 2.56. The van der Waals surface area contributed by atoms with Gasteiger partial charge < -0.3 is 0 Å². The van der Waals surface area contributed by atoms with E-state index < -0.39 is 0 Å². The summed E-state index contributed by atoms with van der Waals surface area (Å²) in [7, 11) is 0. The number of allylic oxidation sites excluding steroid dienone is 5. The minimum atomic E-state index is 0.0664. The van der Waals surface area contributed by atoms with E-state index in [1.54, 1.807) is 18.2 Å². The first-order chi connectivity index (χ1) is 6.26. The molecule has 69 valence electrons. The molecule has 0 bridgehead atoms. The Balaban J connectivity index is 4.37. The van der Waals surface area contributed by atoms with Crippen LogP contribution in [-0.2, 0) is 4.79 Å². The summed E-state index contributed by atoms with van der Waals surface area (Å²) in [5, 5.41) is 0. The molecular formula is C12H15O. The first kappa shape index (κ1) is 11.6. The SMILES string of the molecule is C=CC/[C]=C(/CC=C)C(=O)CC=C. The van der Waals surface area contributed by atoms with Crippen LogP contribution in [0.5, 0.6) is 0 Å². The third-order valence-corrected chi connectivity index (χ3v) is 1.47. The molecule has 0 aliphatic heterocycles. The second kappa shape index (κ2) is 7.29. The van der Waals surface area contributed by atoms with E-state index in [1.165, 1.54) is 0 Å². The molecule has 0 rings (SSSR count). The number of hydrogen-bond donors (Lipinski definition) is 0. The summed E-state index contributed by atoms with van der Waals surface area (Å²) in [6, 6.07) is 0. The van der Waals surface area contributed by atoms with Gasteiger partial charge in [0.15, 0.2) is 5.78 Å². The van der Waals surface area contributed by atoms with Crippen LogP contribution in [-0.4, -0.2) is 5.78 Å². The van der Waals surface area contributed by atoms with Crippen LogP contribution in [0.25, 0.3) is 0 Å². The van der Waals surface area contributed by atoms with Crippen LogP contribution in [0.4, 0.5) is 0 Å². The zero-order valence-electron chi connectivity index (χ0n) is 7.88. The molecule has 0 amide bonds. The molecule has 0 atom stereocenters. The van der Waals surface area contributed by atoms with Gasteiger partial charge >= 0.3 is 0 Å². The highest BCUT2D eigenvalue weighted by molar-refractivity contribution is 5.95. The van der Waals surface area contributed by atoms with Crippen molar-refractivity contribution in [2.75, 3.05) is 0 Å². The zero-order chi connectivity index (χ0) is 10.1. The van der Waals surface area contributed by atoms with Gasteiger partial charge in [0.05, 0.1) is 0 Å². The van der Waals surface area contributed by atoms with Gasteiger partial charge in [-0.3, -0.25) is 4.79 Å². The molecule has 1 nitrogen and oxygen atoms in total. The van der Waals surface area contributed by atoms with Gasteiger partial charge in [-0.2, -0.15) is 0 Å². The molecule has 0 heterocycles. The summed E-state index contributed by atoms with van der Waals surface area (Å²) in [6.07, 6.45) is 9.54. The fourth-order valence-electron chi connectivity index (χ4n) is 0.879. The third kappa shape index (κ3) is 4.96. The highest BCUT2D eigenvalue weighted by atomic mass is 16.1. The Bertz CT molecular complexity index is 234. The molecule has 0 aromatic rings. The van der Waals surface area contributed by atoms with Crippen molar-refractivity contribution in [3.63, 3.8) is 0 Å². The number of ketones is 1. The normalized spacial score (nSPS) is 10.6. The van der Waals surface area contributed by atoms with E-state index in [4.69, 9.17) is 0 Å². The van der Waals surface area contributed by atoms with Gasteiger partial charge in [0.2, 0.25) is 0 Å². The van der Waals surface area contributed by atoms with Gasteiger partial charge in [-0.15, -0.1) is 19.7 Å². The van der Waals surface area contributed by atoms with Gasteiger partial charge in [-0.25, -0.2) is 0 Å². The predicted octanol–water partition coefficient (Wildman–Crippen LogP) is 3.01. The highest BCUT2D eigenvalue weighted by Gasteiger charge is 2.04. The molecule has 0 fully saturated rings. The summed E-state index contributed by atoms with van der Waals surface area (Å²) in [6.45, 7) is 10.7. The number of hydrogen-bond acceptors (Lipinski definition) is 1. The lowest BCUT2D eigenvalue weighted by Gasteiger charge is -1.99. The summed E-state index contributed by atoms with van der Waals surface area (Å²) in [5.41, 5.74) is 0.676. The van der Waals surface area contributed by atoms with Crippen LogP contribution in [0.2, 0.25) is 0 Å². The smallest absolute Gasteiger partial charge is 0.163 e. The fraction of sp³-hybridized carbons (Fsp3) is 0.250. The van der Waals surface area contributed by atoms with Gasteiger partial charge in [-0.05, 0) is 18.9 Å². The molecule has 0 aliphatic carbocycles. The van der Waals surface area contributed by atoms with E-state index >= 15 is 0 Å². The Hall–Kier alpha value is -1.37. The molecule has 0 unspecified atom stereocenters. The van der Waals surface area contributed by atoms with Crippen LogP contribution >= 0.6 is 0 Å². The lowest BCUT2D eigenvalue weighted by Crippen LogP contribution is -2.00. The van der Waals surface area contributed by atoms with Crippen molar-refractivity contribution in [2.24, 2.45) is 0 Å². The van der Waals surface area contributed by atoms with Crippen LogP contribution < -0.4 is 0 Å². The molecule has 0 aliphatic rings. The molecule has 0 saturated heterocycles. The number of Topliss-reactive ketones (excluding diaryl/α,β-unsaturated/α-hetero) is 1. The topological polar surface area (TPSA) is 17.1 Å². The monoisotopic (exact) mass is 175 g/mol. The van der Waals surface area contributed by atoms with Crippen molar-refractivity contribution >= 4 is 5.78 Å². The van der Waals surface area contributed by atoms with Crippen molar-refractivity contribution in [1.29, 1.82) is 0 Å². The van der Waals surface area contributed by atoms with Gasteiger partial charge in [-0.1, -0.05) is 18.2 Å². The molecular weight excluding hydrogens is 160 g/mol. The minimum Gasteiger partial charge on any atom is -0.294 e. The van der Waals surface area contributed by atoms with Crippen LogP contribution in [0, 0.1) is 6.08 Å². The summed E-state index contributed by atoms with van der Waals surface area (Å²) in [5.74, 6) is 0.0664. The maximum Gasteiger partial charge on any atom is 0.163 e. The van der Waals surface area contributed by atoms with E-state index in [0.717, 1.165) is 0 Å². The quantitative estimate of drug-likeness (QED) is 0.429. The Morgan fingerprint density at radius 2 is 1.69 bits per heavy atom. The minimum absolute atomic E-state index is 0.0664. The molecule has 0 saturated carbocycles.